The zero-order valence-electron chi connectivity index (χ0n) is 15.1. The van der Waals surface area contributed by atoms with E-state index in [0.29, 0.717) is 11.2 Å². The molecule has 4 aromatic rings. The summed E-state index contributed by atoms with van der Waals surface area (Å²) in [5.74, 6) is 0.556. The first-order valence-corrected chi connectivity index (χ1v) is 8.77. The van der Waals surface area contributed by atoms with Gasteiger partial charge < -0.3 is 5.32 Å². The molecule has 136 valence electrons. The lowest BCUT2D eigenvalue weighted by atomic mass is 10.2. The van der Waals surface area contributed by atoms with Crippen LogP contribution in [-0.4, -0.2) is 25.1 Å². The van der Waals surface area contributed by atoms with Gasteiger partial charge in [-0.15, -0.1) is 10.2 Å². The van der Waals surface area contributed by atoms with E-state index in [0.717, 1.165) is 11.3 Å². The number of rotatable bonds is 4. The van der Waals surface area contributed by atoms with Crippen LogP contribution in [0.25, 0.3) is 16.7 Å². The van der Waals surface area contributed by atoms with Gasteiger partial charge in [0.25, 0.3) is 5.56 Å². The summed E-state index contributed by atoms with van der Waals surface area (Å²) in [5.41, 5.74) is 2.04. The molecular weight excluding hydrogens is 342 g/mol. The highest BCUT2D eigenvalue weighted by Gasteiger charge is 2.19. The van der Waals surface area contributed by atoms with E-state index in [9.17, 15) is 9.59 Å². The molecule has 2 aromatic heterocycles. The summed E-state index contributed by atoms with van der Waals surface area (Å²) < 4.78 is 3.23. The molecule has 0 fully saturated rings. The molecule has 0 aliphatic rings. The lowest BCUT2D eigenvalue weighted by Gasteiger charge is -2.13. The quantitative estimate of drug-likeness (QED) is 0.606. The van der Waals surface area contributed by atoms with Crippen LogP contribution in [0.4, 0.5) is 5.69 Å². The second-order valence-electron chi connectivity index (χ2n) is 6.67. The van der Waals surface area contributed by atoms with Gasteiger partial charge in [-0.1, -0.05) is 44.2 Å². The first-order valence-electron chi connectivity index (χ1n) is 8.77. The highest BCUT2D eigenvalue weighted by atomic mass is 16.2. The number of amides is 1. The van der Waals surface area contributed by atoms with Crippen molar-refractivity contribution in [2.45, 2.75) is 26.3 Å². The van der Waals surface area contributed by atoms with E-state index >= 15 is 0 Å². The van der Waals surface area contributed by atoms with E-state index in [1.807, 2.05) is 56.3 Å². The number of aromatic nitrogens is 4. The van der Waals surface area contributed by atoms with E-state index < -0.39 is 0 Å². The monoisotopic (exact) mass is 361 g/mol. The number of benzene rings is 2. The summed E-state index contributed by atoms with van der Waals surface area (Å²) in [5, 5.41) is 11.1. The Kier molecular flexibility index (Phi) is 4.19. The summed E-state index contributed by atoms with van der Waals surface area (Å²) in [7, 11) is 0. The Balaban J connectivity index is 1.84. The largest absolute Gasteiger partial charge is 0.325 e. The second-order valence-corrected chi connectivity index (χ2v) is 6.67. The van der Waals surface area contributed by atoms with Gasteiger partial charge >= 0.3 is 0 Å². The Morgan fingerprint density at radius 3 is 2.37 bits per heavy atom. The van der Waals surface area contributed by atoms with Gasteiger partial charge in [-0.2, -0.15) is 0 Å². The normalized spacial score (nSPS) is 11.4. The number of carbonyl (C=O) groups is 1. The lowest BCUT2D eigenvalue weighted by Crippen LogP contribution is -2.29. The van der Waals surface area contributed by atoms with Crippen molar-refractivity contribution >= 4 is 28.3 Å². The van der Waals surface area contributed by atoms with Crippen molar-refractivity contribution in [2.24, 2.45) is 0 Å². The van der Waals surface area contributed by atoms with Crippen molar-refractivity contribution < 1.29 is 4.79 Å². The maximum Gasteiger partial charge on any atom is 0.297 e. The number of nitrogens with zero attached hydrogens (tertiary/aromatic N) is 4. The molecule has 2 aromatic carbocycles. The standard InChI is InChI=1S/C20H19N5O2/c1-13(2)18-22-23-19-20(27)24(15-10-6-7-11-16(15)25(18)19)12-17(26)21-14-8-4-3-5-9-14/h3-11,13H,12H2,1-2H3,(H,21,26). The minimum Gasteiger partial charge on any atom is -0.325 e. The fourth-order valence-electron chi connectivity index (χ4n) is 3.18. The average molecular weight is 361 g/mol. The summed E-state index contributed by atoms with van der Waals surface area (Å²) in [6.45, 7) is 3.91. The fraction of sp³-hybridized carbons (Fsp3) is 0.200. The van der Waals surface area contributed by atoms with E-state index in [2.05, 4.69) is 15.5 Å². The third-order valence-electron chi connectivity index (χ3n) is 4.41. The van der Waals surface area contributed by atoms with Gasteiger partial charge in [0.2, 0.25) is 11.6 Å². The topological polar surface area (TPSA) is 81.3 Å². The van der Waals surface area contributed by atoms with Gasteiger partial charge in [0.1, 0.15) is 12.4 Å². The van der Waals surface area contributed by atoms with Crippen LogP contribution in [0.1, 0.15) is 25.6 Å². The van der Waals surface area contributed by atoms with Crippen LogP contribution >= 0.6 is 0 Å². The second kappa shape index (κ2) is 6.68. The van der Waals surface area contributed by atoms with Crippen LogP contribution in [0.15, 0.2) is 59.4 Å². The molecule has 27 heavy (non-hydrogen) atoms. The summed E-state index contributed by atoms with van der Waals surface area (Å²) in [4.78, 5) is 25.5. The Bertz CT molecular complexity index is 1190. The molecule has 7 heteroatoms. The van der Waals surface area contributed by atoms with E-state index in [-0.39, 0.29) is 29.6 Å². The molecule has 0 radical (unpaired) electrons. The summed E-state index contributed by atoms with van der Waals surface area (Å²) in [6.07, 6.45) is 0. The number of fused-ring (bicyclic) bond motifs is 3. The molecule has 0 aliphatic carbocycles. The molecule has 0 atom stereocenters. The predicted octanol–water partition coefficient (Wildman–Crippen LogP) is 2.81. The maximum atomic E-state index is 13.0. The first kappa shape index (κ1) is 17.0. The van der Waals surface area contributed by atoms with Crippen LogP contribution < -0.4 is 10.9 Å². The predicted molar refractivity (Wildman–Crippen MR) is 104 cm³/mol. The van der Waals surface area contributed by atoms with E-state index in [1.165, 1.54) is 4.57 Å². The molecule has 7 nitrogen and oxygen atoms in total. The van der Waals surface area contributed by atoms with Crippen LogP contribution in [0.3, 0.4) is 0 Å². The van der Waals surface area contributed by atoms with Gasteiger partial charge in [0.05, 0.1) is 11.0 Å². The molecule has 1 N–H and O–H groups in total. The van der Waals surface area contributed by atoms with Crippen molar-refractivity contribution in [1.82, 2.24) is 19.2 Å². The van der Waals surface area contributed by atoms with Gasteiger partial charge in [0.15, 0.2) is 0 Å². The Hall–Kier alpha value is -3.48. The van der Waals surface area contributed by atoms with Crippen LogP contribution in [0, 0.1) is 0 Å². The Morgan fingerprint density at radius 2 is 1.67 bits per heavy atom. The molecule has 2 heterocycles. The van der Waals surface area contributed by atoms with Gasteiger partial charge in [-0.3, -0.25) is 18.6 Å². The number of carbonyl (C=O) groups excluding carboxylic acids is 1. The SMILES string of the molecule is CC(C)c1nnc2c(=O)n(CC(=O)Nc3ccccc3)c3ccccc3n12. The molecule has 4 rings (SSSR count). The summed E-state index contributed by atoms with van der Waals surface area (Å²) in [6, 6.07) is 16.6. The van der Waals surface area contributed by atoms with Gasteiger partial charge in [-0.05, 0) is 24.3 Å². The highest BCUT2D eigenvalue weighted by Crippen LogP contribution is 2.19. The Labute approximate surface area is 155 Å². The van der Waals surface area contributed by atoms with Crippen molar-refractivity contribution in [1.29, 1.82) is 0 Å². The van der Waals surface area contributed by atoms with Crippen LogP contribution in [-0.2, 0) is 11.3 Å². The van der Waals surface area contributed by atoms with E-state index in [4.69, 9.17) is 0 Å². The molecule has 0 saturated heterocycles. The smallest absolute Gasteiger partial charge is 0.297 e. The number of para-hydroxylation sites is 3. The fourth-order valence-corrected chi connectivity index (χ4v) is 3.18. The third-order valence-corrected chi connectivity index (χ3v) is 4.41. The number of hydrogen-bond donors (Lipinski definition) is 1. The Morgan fingerprint density at radius 1 is 1.00 bits per heavy atom. The van der Waals surface area contributed by atoms with Gasteiger partial charge in [0, 0.05) is 11.6 Å². The minimum absolute atomic E-state index is 0.103. The number of anilines is 1. The lowest BCUT2D eigenvalue weighted by molar-refractivity contribution is -0.116. The molecular formula is C20H19N5O2. The highest BCUT2D eigenvalue weighted by molar-refractivity contribution is 5.91. The van der Waals surface area contributed by atoms with Crippen molar-refractivity contribution in [3.8, 4) is 0 Å². The average Bonchev–Trinajstić information content (AvgIpc) is 3.12. The molecule has 0 spiro atoms. The molecule has 1 amide bonds. The molecule has 0 unspecified atom stereocenters. The molecule has 0 aliphatic heterocycles. The van der Waals surface area contributed by atoms with Crippen LogP contribution in [0.5, 0.6) is 0 Å². The zero-order chi connectivity index (χ0) is 19.0. The third kappa shape index (κ3) is 2.97. The summed E-state index contributed by atoms with van der Waals surface area (Å²) >= 11 is 0. The number of nitrogens with one attached hydrogen (secondary N) is 1. The molecule has 0 bridgehead atoms. The van der Waals surface area contributed by atoms with Crippen molar-refractivity contribution in [2.75, 3.05) is 5.32 Å². The van der Waals surface area contributed by atoms with Gasteiger partial charge in [-0.25, -0.2) is 0 Å². The minimum atomic E-state index is -0.337. The van der Waals surface area contributed by atoms with Crippen molar-refractivity contribution in [3.05, 3.63) is 70.8 Å². The molecule has 0 saturated carbocycles. The number of hydrogen-bond acceptors (Lipinski definition) is 4. The zero-order valence-corrected chi connectivity index (χ0v) is 15.1. The maximum absolute atomic E-state index is 13.0. The first-order chi connectivity index (χ1) is 13.1. The van der Waals surface area contributed by atoms with Crippen LogP contribution in [0.2, 0.25) is 0 Å². The van der Waals surface area contributed by atoms with E-state index in [1.54, 1.807) is 16.5 Å². The van der Waals surface area contributed by atoms with Crippen molar-refractivity contribution in [3.63, 3.8) is 0 Å².